The number of hydrogen-bond acceptors (Lipinski definition) is 5. The number of amides is 3. The number of anilines is 1. The molecule has 3 N–H and O–H groups in total. The van der Waals surface area contributed by atoms with E-state index in [4.69, 9.17) is 5.73 Å². The van der Waals surface area contributed by atoms with Gasteiger partial charge in [0, 0.05) is 51.4 Å². The van der Waals surface area contributed by atoms with Crippen molar-refractivity contribution in [2.24, 2.45) is 5.73 Å². The SMILES string of the molecule is Cc1cccc(C)c1NC(=O)CN1CCN(CC(=O)N(CCC(N)=O)Cc2ccccc2)CC1. The number of piperazine rings is 1. The Kier molecular flexibility index (Phi) is 9.18. The third-order valence-electron chi connectivity index (χ3n) is 6.13. The second kappa shape index (κ2) is 12.3. The van der Waals surface area contributed by atoms with Crippen LogP contribution in [0, 0.1) is 13.8 Å². The first-order valence-corrected chi connectivity index (χ1v) is 11.7. The Morgan fingerprint density at radius 1 is 0.882 bits per heavy atom. The lowest BCUT2D eigenvalue weighted by Crippen LogP contribution is -2.51. The summed E-state index contributed by atoms with van der Waals surface area (Å²) in [4.78, 5) is 42.8. The predicted octanol–water partition coefficient (Wildman–Crippen LogP) is 1.76. The van der Waals surface area contributed by atoms with Crippen LogP contribution < -0.4 is 11.1 Å². The van der Waals surface area contributed by atoms with Crippen molar-refractivity contribution in [2.75, 3.05) is 51.1 Å². The van der Waals surface area contributed by atoms with E-state index in [1.165, 1.54) is 0 Å². The minimum atomic E-state index is -0.418. The van der Waals surface area contributed by atoms with E-state index in [1.807, 2.05) is 62.4 Å². The third-order valence-corrected chi connectivity index (χ3v) is 6.13. The van der Waals surface area contributed by atoms with Crippen LogP contribution in [0.4, 0.5) is 5.69 Å². The van der Waals surface area contributed by atoms with E-state index < -0.39 is 5.91 Å². The second-order valence-electron chi connectivity index (χ2n) is 8.88. The minimum absolute atomic E-state index is 0.0219. The molecule has 2 aromatic carbocycles. The Morgan fingerprint density at radius 2 is 1.47 bits per heavy atom. The number of nitrogens with one attached hydrogen (secondary N) is 1. The maximum atomic E-state index is 13.0. The van der Waals surface area contributed by atoms with Crippen LogP contribution in [0.5, 0.6) is 0 Å². The molecule has 1 aliphatic rings. The highest BCUT2D eigenvalue weighted by Crippen LogP contribution is 2.19. The van der Waals surface area contributed by atoms with Crippen molar-refractivity contribution in [2.45, 2.75) is 26.8 Å². The highest BCUT2D eigenvalue weighted by atomic mass is 16.2. The Balaban J connectivity index is 1.48. The summed E-state index contributed by atoms with van der Waals surface area (Å²) < 4.78 is 0. The van der Waals surface area contributed by atoms with Crippen LogP contribution in [0.25, 0.3) is 0 Å². The number of primary amides is 1. The number of para-hydroxylation sites is 1. The maximum absolute atomic E-state index is 13.0. The summed E-state index contributed by atoms with van der Waals surface area (Å²) in [7, 11) is 0. The first-order chi connectivity index (χ1) is 16.3. The van der Waals surface area contributed by atoms with Gasteiger partial charge in [-0.3, -0.25) is 24.2 Å². The molecule has 182 valence electrons. The zero-order chi connectivity index (χ0) is 24.5. The molecule has 0 bridgehead atoms. The van der Waals surface area contributed by atoms with Gasteiger partial charge in [-0.15, -0.1) is 0 Å². The van der Waals surface area contributed by atoms with Crippen molar-refractivity contribution in [3.63, 3.8) is 0 Å². The first kappa shape index (κ1) is 25.4. The van der Waals surface area contributed by atoms with Crippen LogP contribution in [-0.2, 0) is 20.9 Å². The number of carbonyl (C=O) groups is 3. The average molecular weight is 466 g/mol. The van der Waals surface area contributed by atoms with Gasteiger partial charge in [0.1, 0.15) is 0 Å². The molecule has 34 heavy (non-hydrogen) atoms. The average Bonchev–Trinajstić information content (AvgIpc) is 2.81. The normalized spacial score (nSPS) is 14.5. The molecule has 0 unspecified atom stereocenters. The van der Waals surface area contributed by atoms with Crippen molar-refractivity contribution < 1.29 is 14.4 Å². The first-order valence-electron chi connectivity index (χ1n) is 11.7. The van der Waals surface area contributed by atoms with Gasteiger partial charge in [-0.05, 0) is 30.5 Å². The van der Waals surface area contributed by atoms with Crippen LogP contribution >= 0.6 is 0 Å². The lowest BCUT2D eigenvalue weighted by atomic mass is 10.1. The molecule has 0 saturated carbocycles. The summed E-state index contributed by atoms with van der Waals surface area (Å²) in [5, 5.41) is 3.04. The summed E-state index contributed by atoms with van der Waals surface area (Å²) in [6, 6.07) is 15.7. The van der Waals surface area contributed by atoms with Gasteiger partial charge in [-0.1, -0.05) is 48.5 Å². The summed E-state index contributed by atoms with van der Waals surface area (Å²) in [6.45, 7) is 8.19. The highest BCUT2D eigenvalue weighted by Gasteiger charge is 2.23. The molecular formula is C26H35N5O3. The molecule has 3 rings (SSSR count). The van der Waals surface area contributed by atoms with Crippen LogP contribution in [0.1, 0.15) is 23.1 Å². The van der Waals surface area contributed by atoms with Crippen molar-refractivity contribution >= 4 is 23.4 Å². The molecule has 1 heterocycles. The zero-order valence-electron chi connectivity index (χ0n) is 20.1. The summed E-state index contributed by atoms with van der Waals surface area (Å²) in [6.07, 6.45) is 0.141. The predicted molar refractivity (Wildman–Crippen MR) is 133 cm³/mol. The lowest BCUT2D eigenvalue weighted by molar-refractivity contribution is -0.134. The van der Waals surface area contributed by atoms with Gasteiger partial charge >= 0.3 is 0 Å². The fraction of sp³-hybridized carbons (Fsp3) is 0.423. The van der Waals surface area contributed by atoms with Crippen molar-refractivity contribution in [3.8, 4) is 0 Å². The molecule has 8 nitrogen and oxygen atoms in total. The molecule has 0 aliphatic carbocycles. The number of rotatable bonds is 10. The molecule has 0 spiro atoms. The Bertz CT molecular complexity index is 967. The van der Waals surface area contributed by atoms with E-state index in [-0.39, 0.29) is 24.8 Å². The summed E-state index contributed by atoms with van der Waals surface area (Å²) >= 11 is 0. The van der Waals surface area contributed by atoms with E-state index in [0.29, 0.717) is 45.8 Å². The molecule has 3 amide bonds. The molecule has 0 radical (unpaired) electrons. The summed E-state index contributed by atoms with van der Waals surface area (Å²) in [5.41, 5.74) is 9.31. The smallest absolute Gasteiger partial charge is 0.238 e. The van der Waals surface area contributed by atoms with E-state index in [2.05, 4.69) is 15.1 Å². The van der Waals surface area contributed by atoms with Gasteiger partial charge in [-0.25, -0.2) is 0 Å². The minimum Gasteiger partial charge on any atom is -0.370 e. The van der Waals surface area contributed by atoms with Crippen LogP contribution in [0.2, 0.25) is 0 Å². The standard InChI is InChI=1S/C26H35N5O3/c1-20-7-6-8-21(2)26(20)28-24(33)18-29-13-15-30(16-14-29)19-25(34)31(12-11-23(27)32)17-22-9-4-3-5-10-22/h3-10H,11-19H2,1-2H3,(H2,27,32)(H,28,33). The van der Waals surface area contributed by atoms with E-state index in [1.54, 1.807) is 4.90 Å². The summed E-state index contributed by atoms with van der Waals surface area (Å²) in [5.74, 6) is -0.465. The highest BCUT2D eigenvalue weighted by molar-refractivity contribution is 5.93. The zero-order valence-corrected chi connectivity index (χ0v) is 20.1. The number of hydrogen-bond donors (Lipinski definition) is 2. The van der Waals surface area contributed by atoms with Gasteiger partial charge in [0.15, 0.2) is 0 Å². The molecule has 1 saturated heterocycles. The topological polar surface area (TPSA) is 99.0 Å². The van der Waals surface area contributed by atoms with Crippen molar-refractivity contribution in [3.05, 3.63) is 65.2 Å². The Labute approximate surface area is 201 Å². The van der Waals surface area contributed by atoms with Crippen LogP contribution in [-0.4, -0.2) is 78.2 Å². The Morgan fingerprint density at radius 3 is 2.06 bits per heavy atom. The second-order valence-corrected chi connectivity index (χ2v) is 8.88. The molecular weight excluding hydrogens is 430 g/mol. The largest absolute Gasteiger partial charge is 0.370 e. The van der Waals surface area contributed by atoms with Gasteiger partial charge in [-0.2, -0.15) is 0 Å². The number of aryl methyl sites for hydroxylation is 2. The van der Waals surface area contributed by atoms with Gasteiger partial charge in [0.25, 0.3) is 0 Å². The quantitative estimate of drug-likeness (QED) is 0.557. The van der Waals surface area contributed by atoms with Crippen LogP contribution in [0.3, 0.4) is 0 Å². The number of nitrogens with zero attached hydrogens (tertiary/aromatic N) is 3. The fourth-order valence-corrected chi connectivity index (χ4v) is 4.13. The number of benzene rings is 2. The number of carbonyl (C=O) groups excluding carboxylic acids is 3. The molecule has 2 aromatic rings. The van der Waals surface area contributed by atoms with Crippen LogP contribution in [0.15, 0.2) is 48.5 Å². The molecule has 8 heteroatoms. The van der Waals surface area contributed by atoms with E-state index >= 15 is 0 Å². The molecule has 0 atom stereocenters. The van der Waals surface area contributed by atoms with E-state index in [9.17, 15) is 14.4 Å². The molecule has 1 fully saturated rings. The van der Waals surface area contributed by atoms with Crippen molar-refractivity contribution in [1.82, 2.24) is 14.7 Å². The van der Waals surface area contributed by atoms with Gasteiger partial charge < -0.3 is 16.0 Å². The van der Waals surface area contributed by atoms with E-state index in [0.717, 1.165) is 22.4 Å². The Hall–Kier alpha value is -3.23. The fourth-order valence-electron chi connectivity index (χ4n) is 4.13. The van der Waals surface area contributed by atoms with Gasteiger partial charge in [0.2, 0.25) is 17.7 Å². The maximum Gasteiger partial charge on any atom is 0.238 e. The molecule has 0 aromatic heterocycles. The monoisotopic (exact) mass is 465 g/mol. The van der Waals surface area contributed by atoms with Gasteiger partial charge in [0.05, 0.1) is 13.1 Å². The lowest BCUT2D eigenvalue weighted by Gasteiger charge is -2.35. The number of nitrogens with two attached hydrogens (primary N) is 1. The third kappa shape index (κ3) is 7.67. The van der Waals surface area contributed by atoms with Crippen molar-refractivity contribution in [1.29, 1.82) is 0 Å². The molecule has 1 aliphatic heterocycles.